The molecule has 6 aromatic carbocycles. The first kappa shape index (κ1) is 40.2. The Bertz CT molecular complexity index is 1730. The zero-order chi connectivity index (χ0) is 35.5. The van der Waals surface area contributed by atoms with Gasteiger partial charge in [-0.1, -0.05) is 140 Å². The Kier molecular flexibility index (Phi) is 15.7. The average Bonchev–Trinajstić information content (AvgIpc) is 3.71. The number of halogens is 2. The summed E-state index contributed by atoms with van der Waals surface area (Å²) >= 11 is -0.826. The van der Waals surface area contributed by atoms with Crippen LogP contribution in [0.5, 0.6) is 0 Å². The summed E-state index contributed by atoms with van der Waals surface area (Å²) in [5.41, 5.74) is 11.5. The molecule has 0 amide bonds. The van der Waals surface area contributed by atoms with Gasteiger partial charge < -0.3 is 0 Å². The van der Waals surface area contributed by atoms with Gasteiger partial charge in [0.1, 0.15) is 0 Å². The summed E-state index contributed by atoms with van der Waals surface area (Å²) in [6.07, 6.45) is 2.14. The van der Waals surface area contributed by atoms with Crippen LogP contribution in [0, 0.1) is 0 Å². The molecule has 48 heavy (non-hydrogen) atoms. The topological polar surface area (TPSA) is 0 Å². The first-order valence-electron chi connectivity index (χ1n) is 17.0. The zero-order valence-electron chi connectivity index (χ0n) is 30.6. The fourth-order valence-electron chi connectivity index (χ4n) is 5.99. The molecule has 0 saturated carbocycles. The molecular weight excluding hydrogens is 719 g/mol. The van der Waals surface area contributed by atoms with Crippen LogP contribution in [0.15, 0.2) is 109 Å². The Morgan fingerprint density at radius 3 is 1.17 bits per heavy atom. The Labute approximate surface area is 312 Å². The second-order valence-electron chi connectivity index (χ2n) is 14.2. The molecule has 250 valence electrons. The number of fused-ring (bicyclic) bond motifs is 2. The van der Waals surface area contributed by atoms with Crippen LogP contribution in [0.25, 0.3) is 43.8 Å². The van der Waals surface area contributed by atoms with Gasteiger partial charge in [0.05, 0.1) is 0 Å². The van der Waals surface area contributed by atoms with E-state index in [2.05, 4.69) is 178 Å². The van der Waals surface area contributed by atoms with E-state index in [4.69, 9.17) is 17.0 Å². The van der Waals surface area contributed by atoms with Gasteiger partial charge in [0, 0.05) is 9.52 Å². The second kappa shape index (κ2) is 18.7. The molecule has 6 aromatic rings. The van der Waals surface area contributed by atoms with Gasteiger partial charge in [0.25, 0.3) is 0 Å². The zero-order valence-corrected chi connectivity index (χ0v) is 35.5. The SMILES string of the molecule is CCc1ccccc1-c1cccc2[cH-]c(C(C)(C)C)cc12.CCc1ccccc1-c1cccc2[cH-]c(C(C)(C)C)cc12.C[Si]C.[Cl][Zr+2][Cl]. The molecule has 0 saturated heterocycles. The predicted octanol–water partition coefficient (Wildman–Crippen LogP) is 14.3. The molecule has 0 fully saturated rings. The molecule has 0 N–H and O–H groups in total. The van der Waals surface area contributed by atoms with Crippen LogP contribution in [0.3, 0.4) is 0 Å². The van der Waals surface area contributed by atoms with Gasteiger partial charge in [0.15, 0.2) is 0 Å². The normalized spacial score (nSPS) is 11.1. The third-order valence-electron chi connectivity index (χ3n) is 8.61. The third kappa shape index (κ3) is 10.4. The summed E-state index contributed by atoms with van der Waals surface area (Å²) in [5.74, 6) is 0. The summed E-state index contributed by atoms with van der Waals surface area (Å²) in [7, 11) is 11.0. The van der Waals surface area contributed by atoms with Crippen molar-refractivity contribution in [1.82, 2.24) is 0 Å². The average molecular weight is 771 g/mol. The van der Waals surface area contributed by atoms with Crippen LogP contribution < -0.4 is 0 Å². The number of benzene rings is 4. The van der Waals surface area contributed by atoms with Gasteiger partial charge in [-0.15, -0.1) is 69.1 Å². The summed E-state index contributed by atoms with van der Waals surface area (Å²) in [6.45, 7) is 22.4. The maximum absolute atomic E-state index is 4.93. The van der Waals surface area contributed by atoms with Crippen molar-refractivity contribution in [1.29, 1.82) is 0 Å². The molecule has 0 heterocycles. The fourth-order valence-corrected chi connectivity index (χ4v) is 5.99. The van der Waals surface area contributed by atoms with E-state index in [-0.39, 0.29) is 10.8 Å². The van der Waals surface area contributed by atoms with Gasteiger partial charge in [0.2, 0.25) is 0 Å². The molecule has 0 spiro atoms. The molecule has 0 unspecified atom stereocenters. The predicted molar refractivity (Wildman–Crippen MR) is 215 cm³/mol. The maximum atomic E-state index is 4.93. The summed E-state index contributed by atoms with van der Waals surface area (Å²) in [4.78, 5) is 0. The van der Waals surface area contributed by atoms with Crippen molar-refractivity contribution in [2.75, 3.05) is 0 Å². The number of hydrogen-bond acceptors (Lipinski definition) is 0. The Balaban J connectivity index is 0.000000224. The number of hydrogen-bond donors (Lipinski definition) is 0. The van der Waals surface area contributed by atoms with E-state index < -0.39 is 20.8 Å². The summed E-state index contributed by atoms with van der Waals surface area (Å²) < 4.78 is 0. The summed E-state index contributed by atoms with van der Waals surface area (Å²) in [5, 5.41) is 5.46. The Hall–Kier alpha value is -2.22. The molecule has 6 rings (SSSR count). The Morgan fingerprint density at radius 1 is 0.542 bits per heavy atom. The molecule has 0 aliphatic rings. The van der Waals surface area contributed by atoms with Gasteiger partial charge in [-0.05, 0) is 45.9 Å². The van der Waals surface area contributed by atoms with Gasteiger partial charge in [-0.3, -0.25) is 0 Å². The summed E-state index contributed by atoms with van der Waals surface area (Å²) in [6, 6.07) is 40.3. The molecule has 2 radical (unpaired) electrons. The van der Waals surface area contributed by atoms with Crippen molar-refractivity contribution in [2.24, 2.45) is 0 Å². The van der Waals surface area contributed by atoms with E-state index in [1.165, 1.54) is 66.1 Å². The van der Waals surface area contributed by atoms with Crippen LogP contribution in [-0.2, 0) is 44.5 Å². The molecule has 0 nitrogen and oxygen atoms in total. The van der Waals surface area contributed by atoms with E-state index in [0.717, 1.165) is 22.4 Å². The van der Waals surface area contributed by atoms with Crippen molar-refractivity contribution < 1.29 is 20.8 Å². The van der Waals surface area contributed by atoms with E-state index in [0.29, 0.717) is 0 Å². The van der Waals surface area contributed by atoms with Crippen molar-refractivity contribution in [2.45, 2.75) is 92.2 Å². The minimum atomic E-state index is -0.826. The van der Waals surface area contributed by atoms with Gasteiger partial charge >= 0.3 is 37.9 Å². The second-order valence-corrected chi connectivity index (χ2v) is 18.9. The van der Waals surface area contributed by atoms with Crippen LogP contribution in [-0.4, -0.2) is 9.52 Å². The molecule has 0 aliphatic carbocycles. The van der Waals surface area contributed by atoms with E-state index in [1.54, 1.807) is 0 Å². The molecule has 0 bridgehead atoms. The van der Waals surface area contributed by atoms with Crippen LogP contribution in [0.1, 0.15) is 77.6 Å². The van der Waals surface area contributed by atoms with Crippen molar-refractivity contribution in [3.8, 4) is 22.3 Å². The van der Waals surface area contributed by atoms with Crippen molar-refractivity contribution >= 4 is 48.1 Å². The van der Waals surface area contributed by atoms with Gasteiger partial charge in [-0.2, -0.15) is 12.1 Å². The molecular formula is C44H52Cl2SiZr. The third-order valence-corrected chi connectivity index (χ3v) is 8.61. The standard InChI is InChI=1S/2C21H23.C2H6Si.2ClH.Zr/c2*1-5-15-9-6-7-11-18(15)19-12-8-10-16-13-17(14-20(16)19)21(2,3)4;1-3-2;;;/h2*6-14H,5H2,1-4H3;1-2H3;2*1H;/q2*-1;;;;+4/p-2. The van der Waals surface area contributed by atoms with E-state index in [1.807, 2.05) is 0 Å². The van der Waals surface area contributed by atoms with Crippen LogP contribution in [0.4, 0.5) is 0 Å². The number of rotatable bonds is 4. The first-order valence-corrected chi connectivity index (χ1v) is 25.3. The van der Waals surface area contributed by atoms with E-state index in [9.17, 15) is 0 Å². The van der Waals surface area contributed by atoms with E-state index >= 15 is 0 Å². The van der Waals surface area contributed by atoms with Crippen molar-refractivity contribution in [3.05, 3.63) is 131 Å². The quantitative estimate of drug-likeness (QED) is 0.124. The molecule has 0 atom stereocenters. The molecule has 4 heteroatoms. The van der Waals surface area contributed by atoms with Crippen molar-refractivity contribution in [3.63, 3.8) is 0 Å². The monoisotopic (exact) mass is 768 g/mol. The van der Waals surface area contributed by atoms with Crippen LogP contribution >= 0.6 is 17.0 Å². The number of aryl methyl sites for hydroxylation is 2. The van der Waals surface area contributed by atoms with Gasteiger partial charge in [-0.25, -0.2) is 0 Å². The first-order chi connectivity index (χ1) is 22.8. The molecule has 0 aromatic heterocycles. The molecule has 0 aliphatic heterocycles. The Morgan fingerprint density at radius 2 is 0.854 bits per heavy atom. The fraction of sp³-hybridized carbons (Fsp3) is 0.318. The van der Waals surface area contributed by atoms with Crippen LogP contribution in [0.2, 0.25) is 13.1 Å². The minimum absolute atomic E-state index is 0.195.